The smallest absolute Gasteiger partial charge is 0.176 e. The summed E-state index contributed by atoms with van der Waals surface area (Å²) in [6.45, 7) is 5.40. The number of ketones is 1. The molecule has 1 fully saturated rings. The van der Waals surface area contributed by atoms with Gasteiger partial charge in [-0.3, -0.25) is 9.69 Å². The Morgan fingerprint density at radius 2 is 1.80 bits per heavy atom. The third kappa shape index (κ3) is 7.15. The number of carbonyl (C=O) groups is 1. The molecule has 0 N–H and O–H groups in total. The molecule has 0 unspecified atom stereocenters. The highest BCUT2D eigenvalue weighted by molar-refractivity contribution is 5.97. The number of piperidine rings is 1. The predicted molar refractivity (Wildman–Crippen MR) is 121 cm³/mol. The molecule has 0 bridgehead atoms. The number of carbonyl (C=O) groups excluding carboxylic acids is 1. The zero-order chi connectivity index (χ0) is 21.2. The molecule has 0 atom stereocenters. The molecule has 0 aromatic heterocycles. The molecule has 1 heterocycles. The molecule has 1 saturated heterocycles. The number of likely N-dealkylation sites (tertiary alicyclic amines) is 1. The zero-order valence-electron chi connectivity index (χ0n) is 18.3. The maximum Gasteiger partial charge on any atom is 0.176 e. The average molecular weight is 411 g/mol. The molecule has 1 aliphatic rings. The molecule has 0 radical (unpaired) electrons. The van der Waals surface area contributed by atoms with Crippen LogP contribution in [0.4, 0.5) is 0 Å². The number of rotatable bonds is 11. The molecule has 5 nitrogen and oxygen atoms in total. The van der Waals surface area contributed by atoms with Crippen molar-refractivity contribution in [1.82, 2.24) is 9.80 Å². The van der Waals surface area contributed by atoms with Gasteiger partial charge in [-0.1, -0.05) is 18.6 Å². The highest BCUT2D eigenvalue weighted by Gasteiger charge is 2.11. The van der Waals surface area contributed by atoms with Crippen LogP contribution < -0.4 is 9.47 Å². The van der Waals surface area contributed by atoms with E-state index in [0.29, 0.717) is 18.7 Å². The monoisotopic (exact) mass is 410 g/mol. The van der Waals surface area contributed by atoms with Crippen LogP contribution in [0.5, 0.6) is 11.5 Å². The second-order valence-corrected chi connectivity index (χ2v) is 8.08. The first-order valence-electron chi connectivity index (χ1n) is 10.9. The van der Waals surface area contributed by atoms with E-state index in [1.807, 2.05) is 48.3 Å². The first-order chi connectivity index (χ1) is 14.6. The lowest BCUT2D eigenvalue weighted by Gasteiger charge is -2.26. The molecular weight excluding hydrogens is 376 g/mol. The Hall–Kier alpha value is -2.37. The van der Waals surface area contributed by atoms with E-state index in [4.69, 9.17) is 9.47 Å². The second-order valence-electron chi connectivity index (χ2n) is 8.08. The van der Waals surface area contributed by atoms with E-state index in [1.54, 1.807) is 7.11 Å². The first-order valence-corrected chi connectivity index (χ1v) is 10.9. The number of Topliss-reactive ketones (excluding diaryl/α,β-unsaturated/α-hetero) is 1. The van der Waals surface area contributed by atoms with Crippen LogP contribution >= 0.6 is 0 Å². The van der Waals surface area contributed by atoms with Gasteiger partial charge in [0.2, 0.25) is 0 Å². The average Bonchev–Trinajstić information content (AvgIpc) is 2.77. The van der Waals surface area contributed by atoms with Gasteiger partial charge in [0.05, 0.1) is 20.3 Å². The zero-order valence-corrected chi connectivity index (χ0v) is 18.3. The fourth-order valence-electron chi connectivity index (χ4n) is 3.88. The van der Waals surface area contributed by atoms with Crippen molar-refractivity contribution >= 4 is 5.78 Å². The number of benzene rings is 2. The number of hydrogen-bond acceptors (Lipinski definition) is 5. The lowest BCUT2D eigenvalue weighted by molar-refractivity contribution is 0.0943. The van der Waals surface area contributed by atoms with Crippen LogP contribution in [-0.4, -0.2) is 62.5 Å². The van der Waals surface area contributed by atoms with Crippen LogP contribution in [0.1, 0.15) is 41.6 Å². The van der Waals surface area contributed by atoms with E-state index in [2.05, 4.69) is 17.0 Å². The molecular formula is C25H34N2O3. The molecule has 5 heteroatoms. The minimum absolute atomic E-state index is 0.102. The highest BCUT2D eigenvalue weighted by Crippen LogP contribution is 2.16. The summed E-state index contributed by atoms with van der Waals surface area (Å²) in [7, 11) is 3.59. The summed E-state index contributed by atoms with van der Waals surface area (Å²) < 4.78 is 11.1. The van der Waals surface area contributed by atoms with Gasteiger partial charge < -0.3 is 14.4 Å². The molecule has 3 rings (SSSR count). The highest BCUT2D eigenvalue weighted by atomic mass is 16.5. The van der Waals surface area contributed by atoms with Crippen molar-refractivity contribution in [2.24, 2.45) is 0 Å². The van der Waals surface area contributed by atoms with Crippen molar-refractivity contribution in [3.8, 4) is 11.5 Å². The number of methoxy groups -OCH3 is 1. The van der Waals surface area contributed by atoms with Gasteiger partial charge in [-0.25, -0.2) is 0 Å². The number of hydrogen-bond donors (Lipinski definition) is 0. The van der Waals surface area contributed by atoms with Crippen LogP contribution in [0.15, 0.2) is 48.5 Å². The van der Waals surface area contributed by atoms with Gasteiger partial charge in [0.1, 0.15) is 11.5 Å². The van der Waals surface area contributed by atoms with Crippen LogP contribution in [0.2, 0.25) is 0 Å². The summed E-state index contributed by atoms with van der Waals surface area (Å²) in [5, 5.41) is 0. The number of nitrogens with zero attached hydrogens (tertiary/aromatic N) is 2. The van der Waals surface area contributed by atoms with Crippen molar-refractivity contribution in [3.05, 3.63) is 59.7 Å². The molecule has 2 aromatic rings. The lowest BCUT2D eigenvalue weighted by Crippen LogP contribution is -2.31. The maximum atomic E-state index is 12.5. The molecule has 0 saturated carbocycles. The van der Waals surface area contributed by atoms with E-state index in [9.17, 15) is 4.79 Å². The third-order valence-electron chi connectivity index (χ3n) is 5.51. The van der Waals surface area contributed by atoms with Gasteiger partial charge in [0.25, 0.3) is 0 Å². The Bertz CT molecular complexity index is 785. The van der Waals surface area contributed by atoms with Crippen molar-refractivity contribution in [1.29, 1.82) is 0 Å². The Morgan fingerprint density at radius 1 is 1.03 bits per heavy atom. The number of likely N-dealkylation sites (N-methyl/N-ethyl adjacent to an activating group) is 1. The summed E-state index contributed by atoms with van der Waals surface area (Å²) >= 11 is 0. The Kier molecular flexibility index (Phi) is 8.72. The normalized spacial score (nSPS) is 14.6. The molecule has 162 valence electrons. The minimum Gasteiger partial charge on any atom is -0.497 e. The van der Waals surface area contributed by atoms with E-state index >= 15 is 0 Å². The number of ether oxygens (including phenoxy) is 2. The van der Waals surface area contributed by atoms with Crippen molar-refractivity contribution in [2.75, 3.05) is 46.9 Å². The molecule has 0 aliphatic carbocycles. The topological polar surface area (TPSA) is 42.0 Å². The lowest BCUT2D eigenvalue weighted by atomic mass is 10.1. The van der Waals surface area contributed by atoms with Gasteiger partial charge in [0, 0.05) is 18.7 Å². The van der Waals surface area contributed by atoms with Gasteiger partial charge in [0.15, 0.2) is 5.78 Å². The van der Waals surface area contributed by atoms with Crippen LogP contribution in [0.3, 0.4) is 0 Å². The standard InChI is InChI=1S/C25H34N2O3/c1-26(20-25(28)22-10-12-23(29-2)13-11-22)19-21-8-6-9-24(18-21)30-17-7-16-27-14-4-3-5-15-27/h6,8-13,18H,3-5,7,14-17,19-20H2,1-2H3. The quantitative estimate of drug-likeness (QED) is 0.409. The molecule has 0 spiro atoms. The Balaban J connectivity index is 1.42. The summed E-state index contributed by atoms with van der Waals surface area (Å²) in [6.07, 6.45) is 5.09. The summed E-state index contributed by atoms with van der Waals surface area (Å²) in [6, 6.07) is 15.4. The largest absolute Gasteiger partial charge is 0.497 e. The van der Waals surface area contributed by atoms with Crippen LogP contribution in [0.25, 0.3) is 0 Å². The first kappa shape index (κ1) is 22.3. The molecule has 30 heavy (non-hydrogen) atoms. The van der Waals surface area contributed by atoms with Crippen molar-refractivity contribution < 1.29 is 14.3 Å². The molecule has 0 amide bonds. The van der Waals surface area contributed by atoms with Gasteiger partial charge in [-0.2, -0.15) is 0 Å². The van der Waals surface area contributed by atoms with Crippen LogP contribution in [0, 0.1) is 0 Å². The van der Waals surface area contributed by atoms with Gasteiger partial charge in [-0.15, -0.1) is 0 Å². The van der Waals surface area contributed by atoms with Crippen LogP contribution in [-0.2, 0) is 6.54 Å². The van der Waals surface area contributed by atoms with Gasteiger partial charge >= 0.3 is 0 Å². The van der Waals surface area contributed by atoms with Crippen molar-refractivity contribution in [2.45, 2.75) is 32.2 Å². The summed E-state index contributed by atoms with van der Waals surface area (Å²) in [5.41, 5.74) is 1.85. The van der Waals surface area contributed by atoms with E-state index < -0.39 is 0 Å². The molecule has 1 aliphatic heterocycles. The SMILES string of the molecule is COc1ccc(C(=O)CN(C)Cc2cccc(OCCCN3CCCCC3)c2)cc1. The Morgan fingerprint density at radius 3 is 2.53 bits per heavy atom. The van der Waals surface area contributed by atoms with E-state index in [-0.39, 0.29) is 5.78 Å². The van der Waals surface area contributed by atoms with Crippen molar-refractivity contribution in [3.63, 3.8) is 0 Å². The minimum atomic E-state index is 0.102. The summed E-state index contributed by atoms with van der Waals surface area (Å²) in [4.78, 5) is 17.1. The molecule has 2 aromatic carbocycles. The summed E-state index contributed by atoms with van der Waals surface area (Å²) in [5.74, 6) is 1.76. The Labute approximate surface area is 180 Å². The van der Waals surface area contributed by atoms with E-state index in [0.717, 1.165) is 36.6 Å². The fraction of sp³-hybridized carbons (Fsp3) is 0.480. The maximum absolute atomic E-state index is 12.5. The van der Waals surface area contributed by atoms with Gasteiger partial charge in [-0.05, 0) is 81.4 Å². The third-order valence-corrected chi connectivity index (χ3v) is 5.51. The van der Waals surface area contributed by atoms with E-state index in [1.165, 1.54) is 32.4 Å². The predicted octanol–water partition coefficient (Wildman–Crippen LogP) is 4.26. The second kappa shape index (κ2) is 11.7. The fourth-order valence-corrected chi connectivity index (χ4v) is 3.88.